The van der Waals surface area contributed by atoms with E-state index in [0.29, 0.717) is 5.56 Å². The van der Waals surface area contributed by atoms with E-state index in [1.807, 2.05) is 6.07 Å². The van der Waals surface area contributed by atoms with E-state index in [2.05, 4.69) is 10.6 Å². The third kappa shape index (κ3) is 2.60. The second kappa shape index (κ2) is 5.05. The largest absolute Gasteiger partial charge is 0.479 e. The lowest BCUT2D eigenvalue weighted by Crippen LogP contribution is -2.36. The van der Waals surface area contributed by atoms with E-state index in [0.717, 1.165) is 24.2 Å². The van der Waals surface area contributed by atoms with Crippen LogP contribution in [0.1, 0.15) is 15.9 Å². The summed E-state index contributed by atoms with van der Waals surface area (Å²) in [5.41, 5.74) is 2.56. The highest BCUT2D eigenvalue weighted by Gasteiger charge is 2.16. The third-order valence-corrected chi connectivity index (χ3v) is 2.82. The monoisotopic (exact) mass is 250 g/mol. The summed E-state index contributed by atoms with van der Waals surface area (Å²) in [4.78, 5) is 22.1. The summed E-state index contributed by atoms with van der Waals surface area (Å²) in [6.07, 6.45) is -0.709. The van der Waals surface area contributed by atoms with Crippen molar-refractivity contribution in [2.45, 2.75) is 12.5 Å². The fraction of sp³-hybridized carbons (Fsp3) is 0.333. The Morgan fingerprint density at radius 1 is 1.44 bits per heavy atom. The van der Waals surface area contributed by atoms with E-state index in [-0.39, 0.29) is 12.5 Å². The van der Waals surface area contributed by atoms with E-state index >= 15 is 0 Å². The van der Waals surface area contributed by atoms with E-state index in [1.165, 1.54) is 0 Å². The van der Waals surface area contributed by atoms with E-state index in [9.17, 15) is 9.59 Å². The van der Waals surface area contributed by atoms with E-state index < -0.39 is 12.1 Å². The van der Waals surface area contributed by atoms with Crippen LogP contribution in [0.15, 0.2) is 18.2 Å². The van der Waals surface area contributed by atoms with Gasteiger partial charge >= 0.3 is 5.97 Å². The Labute approximate surface area is 104 Å². The minimum Gasteiger partial charge on any atom is -0.479 e. The summed E-state index contributed by atoms with van der Waals surface area (Å²) in [7, 11) is 0. The molecule has 96 valence electrons. The van der Waals surface area contributed by atoms with Crippen molar-refractivity contribution in [1.82, 2.24) is 5.32 Å². The van der Waals surface area contributed by atoms with Gasteiger partial charge in [0.05, 0.1) is 6.54 Å². The maximum Gasteiger partial charge on any atom is 0.334 e. The summed E-state index contributed by atoms with van der Waals surface area (Å²) in [6.45, 7) is 0.557. The topological polar surface area (TPSA) is 98.7 Å². The summed E-state index contributed by atoms with van der Waals surface area (Å²) in [5.74, 6) is -1.74. The Hall–Kier alpha value is -2.08. The maximum absolute atomic E-state index is 11.7. The molecule has 18 heavy (non-hydrogen) atoms. The van der Waals surface area contributed by atoms with Crippen LogP contribution in [0.5, 0.6) is 0 Å². The van der Waals surface area contributed by atoms with E-state index in [4.69, 9.17) is 10.2 Å². The van der Waals surface area contributed by atoms with Gasteiger partial charge in [0, 0.05) is 17.8 Å². The number of amides is 1. The van der Waals surface area contributed by atoms with Crippen LogP contribution < -0.4 is 10.6 Å². The summed E-state index contributed by atoms with van der Waals surface area (Å²) in [5, 5.41) is 23.1. The maximum atomic E-state index is 11.7. The number of hydrogen-bond donors (Lipinski definition) is 4. The summed E-state index contributed by atoms with van der Waals surface area (Å²) in [6, 6.07) is 5.27. The van der Waals surface area contributed by atoms with Crippen molar-refractivity contribution in [1.29, 1.82) is 0 Å². The molecule has 6 heteroatoms. The van der Waals surface area contributed by atoms with Crippen LogP contribution in [-0.4, -0.2) is 41.3 Å². The normalized spacial score (nSPS) is 14.5. The Balaban J connectivity index is 1.99. The van der Waals surface area contributed by atoms with Crippen molar-refractivity contribution in [3.05, 3.63) is 29.3 Å². The number of aliphatic hydroxyl groups excluding tert-OH is 1. The van der Waals surface area contributed by atoms with Gasteiger partial charge in [-0.05, 0) is 30.2 Å². The zero-order chi connectivity index (χ0) is 13.1. The summed E-state index contributed by atoms with van der Waals surface area (Å²) < 4.78 is 0. The molecule has 0 saturated carbocycles. The highest BCUT2D eigenvalue weighted by Crippen LogP contribution is 2.22. The Bertz CT molecular complexity index is 487. The molecule has 0 aromatic heterocycles. The molecule has 1 aromatic rings. The van der Waals surface area contributed by atoms with Crippen LogP contribution >= 0.6 is 0 Å². The van der Waals surface area contributed by atoms with Crippen LogP contribution in [0.3, 0.4) is 0 Å². The van der Waals surface area contributed by atoms with Gasteiger partial charge in [0.2, 0.25) is 0 Å². The minimum absolute atomic E-state index is 0.302. The summed E-state index contributed by atoms with van der Waals surface area (Å²) >= 11 is 0. The molecule has 0 saturated heterocycles. The van der Waals surface area contributed by atoms with Gasteiger partial charge in [-0.1, -0.05) is 0 Å². The van der Waals surface area contributed by atoms with Gasteiger partial charge in [0.15, 0.2) is 6.10 Å². The van der Waals surface area contributed by atoms with Crippen molar-refractivity contribution < 1.29 is 19.8 Å². The number of hydrogen-bond acceptors (Lipinski definition) is 4. The van der Waals surface area contributed by atoms with Crippen molar-refractivity contribution in [2.24, 2.45) is 0 Å². The smallest absolute Gasteiger partial charge is 0.334 e. The number of carboxylic acids is 1. The standard InChI is InChI=1S/C12H14N2O4/c15-10(12(17)18)6-14-11(16)8-1-2-9-7(5-8)3-4-13-9/h1-2,5,10,13,15H,3-4,6H2,(H,14,16)(H,17,18). The highest BCUT2D eigenvalue weighted by molar-refractivity contribution is 5.95. The quantitative estimate of drug-likeness (QED) is 0.594. The number of aliphatic carboxylic acids is 1. The molecule has 1 aromatic carbocycles. The molecule has 0 bridgehead atoms. The Kier molecular flexibility index (Phi) is 3.47. The second-order valence-corrected chi connectivity index (χ2v) is 4.11. The number of carboxylic acid groups (broad SMARTS) is 1. The van der Waals surface area contributed by atoms with Crippen LogP contribution in [0.4, 0.5) is 5.69 Å². The number of anilines is 1. The molecule has 1 aliphatic rings. The van der Waals surface area contributed by atoms with Crippen molar-refractivity contribution >= 4 is 17.6 Å². The fourth-order valence-corrected chi connectivity index (χ4v) is 1.82. The lowest BCUT2D eigenvalue weighted by Gasteiger charge is -2.08. The SMILES string of the molecule is O=C(NCC(O)C(=O)O)c1ccc2c(c1)CCN2. The molecule has 1 unspecified atom stereocenters. The first kappa shape index (κ1) is 12.4. The molecule has 0 radical (unpaired) electrons. The van der Waals surface area contributed by atoms with Gasteiger partial charge in [-0.25, -0.2) is 4.79 Å². The average Bonchev–Trinajstić information content (AvgIpc) is 2.82. The molecule has 0 aliphatic carbocycles. The Morgan fingerprint density at radius 3 is 2.94 bits per heavy atom. The lowest BCUT2D eigenvalue weighted by molar-refractivity contribution is -0.146. The van der Waals surface area contributed by atoms with Crippen molar-refractivity contribution in [2.75, 3.05) is 18.4 Å². The molecule has 2 rings (SSSR count). The van der Waals surface area contributed by atoms with Gasteiger partial charge < -0.3 is 20.8 Å². The second-order valence-electron chi connectivity index (χ2n) is 4.11. The van der Waals surface area contributed by atoms with Crippen molar-refractivity contribution in [3.8, 4) is 0 Å². The number of carbonyl (C=O) groups excluding carboxylic acids is 1. The molecular weight excluding hydrogens is 236 g/mol. The lowest BCUT2D eigenvalue weighted by atomic mass is 10.1. The molecule has 0 spiro atoms. The molecule has 1 amide bonds. The minimum atomic E-state index is -1.58. The number of benzene rings is 1. The van der Waals surface area contributed by atoms with Crippen LogP contribution in [-0.2, 0) is 11.2 Å². The fourth-order valence-electron chi connectivity index (χ4n) is 1.82. The van der Waals surface area contributed by atoms with Gasteiger partial charge in [-0.2, -0.15) is 0 Å². The molecule has 1 heterocycles. The van der Waals surface area contributed by atoms with Crippen molar-refractivity contribution in [3.63, 3.8) is 0 Å². The van der Waals surface area contributed by atoms with Crippen LogP contribution in [0.2, 0.25) is 0 Å². The molecular formula is C12H14N2O4. The van der Waals surface area contributed by atoms with Gasteiger partial charge in [0.1, 0.15) is 0 Å². The number of rotatable bonds is 4. The number of nitrogens with one attached hydrogen (secondary N) is 2. The number of fused-ring (bicyclic) bond motifs is 1. The molecule has 4 N–H and O–H groups in total. The average molecular weight is 250 g/mol. The third-order valence-electron chi connectivity index (χ3n) is 2.82. The predicted molar refractivity (Wildman–Crippen MR) is 64.6 cm³/mol. The van der Waals surface area contributed by atoms with Crippen LogP contribution in [0, 0.1) is 0 Å². The molecule has 1 aliphatic heterocycles. The zero-order valence-electron chi connectivity index (χ0n) is 9.64. The molecule has 0 fully saturated rings. The number of carbonyl (C=O) groups is 2. The molecule has 1 atom stereocenters. The molecule has 6 nitrogen and oxygen atoms in total. The first-order chi connectivity index (χ1) is 8.58. The zero-order valence-corrected chi connectivity index (χ0v) is 9.64. The van der Waals surface area contributed by atoms with Crippen LogP contribution in [0.25, 0.3) is 0 Å². The van der Waals surface area contributed by atoms with Gasteiger partial charge in [0.25, 0.3) is 5.91 Å². The van der Waals surface area contributed by atoms with Gasteiger partial charge in [-0.15, -0.1) is 0 Å². The Morgan fingerprint density at radius 2 is 2.22 bits per heavy atom. The highest BCUT2D eigenvalue weighted by atomic mass is 16.4. The number of aliphatic hydroxyl groups is 1. The first-order valence-corrected chi connectivity index (χ1v) is 5.64. The predicted octanol–water partition coefficient (Wildman–Crippen LogP) is -0.170. The van der Waals surface area contributed by atoms with E-state index in [1.54, 1.807) is 12.1 Å². The van der Waals surface area contributed by atoms with Gasteiger partial charge in [-0.3, -0.25) is 4.79 Å². The first-order valence-electron chi connectivity index (χ1n) is 5.64.